The second-order valence-electron chi connectivity index (χ2n) is 4.28. The van der Waals surface area contributed by atoms with Crippen LogP contribution < -0.4 is 5.48 Å². The third-order valence-corrected chi connectivity index (χ3v) is 2.28. The molecule has 1 aromatic carbocycles. The van der Waals surface area contributed by atoms with E-state index in [1.165, 1.54) is 0 Å². The molecule has 16 heavy (non-hydrogen) atoms. The highest BCUT2D eigenvalue weighted by Crippen LogP contribution is 2.13. The number of carbonyl (C=O) groups is 1. The summed E-state index contributed by atoms with van der Waals surface area (Å²) in [6, 6.07) is 9.69. The SMILES string of the molecule is CC(C)(CNOCc1ccccc1)C(=O)O. The van der Waals surface area contributed by atoms with Crippen molar-refractivity contribution >= 4 is 5.97 Å². The lowest BCUT2D eigenvalue weighted by Gasteiger charge is -2.19. The maximum atomic E-state index is 10.8. The molecule has 0 saturated carbocycles. The summed E-state index contributed by atoms with van der Waals surface area (Å²) in [5.41, 5.74) is 2.90. The second kappa shape index (κ2) is 5.63. The van der Waals surface area contributed by atoms with Crippen LogP contribution in [0.1, 0.15) is 19.4 Å². The number of hydroxylamine groups is 1. The Balaban J connectivity index is 2.25. The van der Waals surface area contributed by atoms with Crippen LogP contribution in [-0.4, -0.2) is 17.6 Å². The van der Waals surface area contributed by atoms with Gasteiger partial charge in [-0.15, -0.1) is 0 Å². The molecule has 0 radical (unpaired) electrons. The summed E-state index contributed by atoms with van der Waals surface area (Å²) in [5.74, 6) is -0.844. The van der Waals surface area contributed by atoms with Crippen LogP contribution in [0.3, 0.4) is 0 Å². The molecule has 0 aliphatic carbocycles. The number of hydrogen-bond donors (Lipinski definition) is 2. The highest BCUT2D eigenvalue weighted by Gasteiger charge is 2.26. The zero-order chi connectivity index (χ0) is 12.0. The number of benzene rings is 1. The molecular weight excluding hydrogens is 206 g/mol. The third kappa shape index (κ3) is 4.00. The average molecular weight is 223 g/mol. The Morgan fingerprint density at radius 3 is 2.56 bits per heavy atom. The van der Waals surface area contributed by atoms with E-state index < -0.39 is 11.4 Å². The monoisotopic (exact) mass is 223 g/mol. The first-order valence-electron chi connectivity index (χ1n) is 5.14. The topological polar surface area (TPSA) is 58.6 Å². The highest BCUT2D eigenvalue weighted by molar-refractivity contribution is 5.73. The number of hydrogen-bond acceptors (Lipinski definition) is 3. The van der Waals surface area contributed by atoms with E-state index in [4.69, 9.17) is 9.94 Å². The fraction of sp³-hybridized carbons (Fsp3) is 0.417. The molecule has 2 N–H and O–H groups in total. The van der Waals surface area contributed by atoms with E-state index in [9.17, 15) is 4.79 Å². The van der Waals surface area contributed by atoms with Gasteiger partial charge in [-0.05, 0) is 19.4 Å². The van der Waals surface area contributed by atoms with E-state index in [2.05, 4.69) is 5.48 Å². The molecule has 0 heterocycles. The first kappa shape index (κ1) is 12.7. The molecule has 0 unspecified atom stereocenters. The Morgan fingerprint density at radius 2 is 2.00 bits per heavy atom. The van der Waals surface area contributed by atoms with Gasteiger partial charge in [0.15, 0.2) is 0 Å². The van der Waals surface area contributed by atoms with Gasteiger partial charge in [0, 0.05) is 6.54 Å². The van der Waals surface area contributed by atoms with Crippen LogP contribution in [0.25, 0.3) is 0 Å². The van der Waals surface area contributed by atoms with Crippen LogP contribution in [0.2, 0.25) is 0 Å². The van der Waals surface area contributed by atoms with E-state index in [0.717, 1.165) is 5.56 Å². The summed E-state index contributed by atoms with van der Waals surface area (Å²) < 4.78 is 0. The minimum Gasteiger partial charge on any atom is -0.481 e. The smallest absolute Gasteiger partial charge is 0.310 e. The maximum absolute atomic E-state index is 10.8. The van der Waals surface area contributed by atoms with E-state index >= 15 is 0 Å². The van der Waals surface area contributed by atoms with Crippen molar-refractivity contribution < 1.29 is 14.7 Å². The van der Waals surface area contributed by atoms with Gasteiger partial charge in [0.1, 0.15) is 0 Å². The standard InChI is InChI=1S/C12H17NO3/c1-12(2,11(14)15)9-13-16-8-10-6-4-3-5-7-10/h3-7,13H,8-9H2,1-2H3,(H,14,15). The first-order chi connectivity index (χ1) is 7.52. The second-order valence-corrected chi connectivity index (χ2v) is 4.28. The molecule has 0 amide bonds. The van der Waals surface area contributed by atoms with Crippen LogP contribution in [0.4, 0.5) is 0 Å². The summed E-state index contributed by atoms with van der Waals surface area (Å²) >= 11 is 0. The number of aliphatic carboxylic acids is 1. The summed E-state index contributed by atoms with van der Waals surface area (Å²) in [4.78, 5) is 16.0. The fourth-order valence-electron chi connectivity index (χ4n) is 1.02. The van der Waals surface area contributed by atoms with Crippen molar-refractivity contribution in [2.24, 2.45) is 5.41 Å². The summed E-state index contributed by atoms with van der Waals surface area (Å²) in [6.45, 7) is 3.99. The Bertz CT molecular complexity index is 335. The van der Waals surface area contributed by atoms with Crippen LogP contribution in [0.5, 0.6) is 0 Å². The van der Waals surface area contributed by atoms with E-state index in [1.54, 1.807) is 13.8 Å². The largest absolute Gasteiger partial charge is 0.481 e. The molecule has 4 heteroatoms. The van der Waals surface area contributed by atoms with Gasteiger partial charge >= 0.3 is 5.97 Å². The normalized spacial score (nSPS) is 11.4. The third-order valence-electron chi connectivity index (χ3n) is 2.28. The molecule has 0 aliphatic heterocycles. The van der Waals surface area contributed by atoms with Crippen molar-refractivity contribution in [1.82, 2.24) is 5.48 Å². The van der Waals surface area contributed by atoms with Crippen molar-refractivity contribution in [1.29, 1.82) is 0 Å². The molecule has 0 fully saturated rings. The minimum atomic E-state index is -0.844. The lowest BCUT2D eigenvalue weighted by molar-refractivity contribution is -0.148. The lowest BCUT2D eigenvalue weighted by Crippen LogP contribution is -2.35. The predicted octanol–water partition coefficient (Wildman–Crippen LogP) is 1.82. The maximum Gasteiger partial charge on any atom is 0.310 e. The molecule has 1 aromatic rings. The molecule has 0 aliphatic rings. The molecular formula is C12H17NO3. The van der Waals surface area contributed by atoms with Gasteiger partial charge in [0.25, 0.3) is 0 Å². The summed E-state index contributed by atoms with van der Waals surface area (Å²) in [5, 5.41) is 8.86. The Hall–Kier alpha value is -1.39. The number of rotatable bonds is 6. The van der Waals surface area contributed by atoms with Gasteiger partial charge in [-0.2, -0.15) is 0 Å². The zero-order valence-corrected chi connectivity index (χ0v) is 9.56. The number of nitrogens with one attached hydrogen (secondary N) is 1. The van der Waals surface area contributed by atoms with E-state index in [0.29, 0.717) is 6.61 Å². The number of carboxylic acids is 1. The summed E-state index contributed by atoms with van der Waals surface area (Å²) in [6.07, 6.45) is 0. The molecule has 0 atom stereocenters. The zero-order valence-electron chi connectivity index (χ0n) is 9.56. The summed E-state index contributed by atoms with van der Waals surface area (Å²) in [7, 11) is 0. The van der Waals surface area contributed by atoms with Gasteiger partial charge in [-0.1, -0.05) is 30.3 Å². The molecule has 1 rings (SSSR count). The molecule has 88 valence electrons. The van der Waals surface area contributed by atoms with Crippen molar-refractivity contribution in [3.8, 4) is 0 Å². The quantitative estimate of drug-likeness (QED) is 0.570. The van der Waals surface area contributed by atoms with Gasteiger partial charge in [0.05, 0.1) is 12.0 Å². The molecule has 0 spiro atoms. The van der Waals surface area contributed by atoms with Crippen molar-refractivity contribution in [3.05, 3.63) is 35.9 Å². The van der Waals surface area contributed by atoms with Gasteiger partial charge in [-0.25, -0.2) is 5.48 Å². The predicted molar refractivity (Wildman–Crippen MR) is 60.7 cm³/mol. The van der Waals surface area contributed by atoms with Crippen LogP contribution in [-0.2, 0) is 16.2 Å². The van der Waals surface area contributed by atoms with Crippen LogP contribution >= 0.6 is 0 Å². The van der Waals surface area contributed by atoms with Gasteiger partial charge < -0.3 is 5.11 Å². The van der Waals surface area contributed by atoms with E-state index in [-0.39, 0.29) is 6.54 Å². The van der Waals surface area contributed by atoms with Gasteiger partial charge in [-0.3, -0.25) is 9.63 Å². The molecule has 0 aromatic heterocycles. The molecule has 0 saturated heterocycles. The average Bonchev–Trinajstić information content (AvgIpc) is 2.26. The first-order valence-corrected chi connectivity index (χ1v) is 5.14. The van der Waals surface area contributed by atoms with Crippen molar-refractivity contribution in [2.75, 3.05) is 6.54 Å². The molecule has 4 nitrogen and oxygen atoms in total. The fourth-order valence-corrected chi connectivity index (χ4v) is 1.02. The Kier molecular flexibility index (Phi) is 4.46. The highest BCUT2D eigenvalue weighted by atomic mass is 16.6. The molecule has 0 bridgehead atoms. The Labute approximate surface area is 95.2 Å². The minimum absolute atomic E-state index is 0.273. The Morgan fingerprint density at radius 1 is 1.38 bits per heavy atom. The van der Waals surface area contributed by atoms with Crippen LogP contribution in [0.15, 0.2) is 30.3 Å². The van der Waals surface area contributed by atoms with E-state index in [1.807, 2.05) is 30.3 Å². The lowest BCUT2D eigenvalue weighted by atomic mass is 9.94. The van der Waals surface area contributed by atoms with Crippen LogP contribution in [0, 0.1) is 5.41 Å². The van der Waals surface area contributed by atoms with Crippen molar-refractivity contribution in [2.45, 2.75) is 20.5 Å². The van der Waals surface area contributed by atoms with Gasteiger partial charge in [0.2, 0.25) is 0 Å². The van der Waals surface area contributed by atoms with Crippen molar-refractivity contribution in [3.63, 3.8) is 0 Å². The number of carboxylic acid groups (broad SMARTS) is 1.